The lowest BCUT2D eigenvalue weighted by atomic mass is 10.0. The van der Waals surface area contributed by atoms with Gasteiger partial charge in [0.05, 0.1) is 13.0 Å². The van der Waals surface area contributed by atoms with E-state index >= 15 is 0 Å². The average Bonchev–Trinajstić information content (AvgIpc) is 2.69. The summed E-state index contributed by atoms with van der Waals surface area (Å²) in [5.74, 6) is 0.935. The minimum atomic E-state index is 0.136. The van der Waals surface area contributed by atoms with Crippen LogP contribution in [0.2, 0.25) is 0 Å². The summed E-state index contributed by atoms with van der Waals surface area (Å²) in [6.45, 7) is 9.51. The molecule has 0 atom stereocenters. The van der Waals surface area contributed by atoms with E-state index in [9.17, 15) is 9.59 Å². The number of carbonyl (C=O) groups excluding carboxylic acids is 2. The predicted molar refractivity (Wildman–Crippen MR) is 111 cm³/mol. The Morgan fingerprint density at radius 1 is 1.00 bits per heavy atom. The van der Waals surface area contributed by atoms with Crippen molar-refractivity contribution in [3.8, 4) is 5.75 Å². The molecular formula is C23H28N2O3. The number of hydrogen-bond acceptors (Lipinski definition) is 4. The Bertz CT molecular complexity index is 814. The monoisotopic (exact) mass is 380 g/mol. The van der Waals surface area contributed by atoms with Crippen molar-refractivity contribution in [1.29, 1.82) is 0 Å². The Balaban J connectivity index is 1.50. The number of hydrogen-bond donors (Lipinski definition) is 0. The van der Waals surface area contributed by atoms with Gasteiger partial charge in [0.25, 0.3) is 0 Å². The Kier molecular flexibility index (Phi) is 6.34. The summed E-state index contributed by atoms with van der Waals surface area (Å²) >= 11 is 0. The van der Waals surface area contributed by atoms with E-state index in [1.54, 1.807) is 0 Å². The number of carbonyl (C=O) groups is 2. The molecule has 1 aliphatic rings. The molecule has 1 fully saturated rings. The van der Waals surface area contributed by atoms with Crippen LogP contribution in [0.3, 0.4) is 0 Å². The number of anilines is 1. The molecule has 3 rings (SSSR count). The van der Waals surface area contributed by atoms with Crippen molar-refractivity contribution in [2.24, 2.45) is 0 Å². The van der Waals surface area contributed by atoms with Gasteiger partial charge < -0.3 is 14.5 Å². The molecule has 0 aliphatic carbocycles. The minimum absolute atomic E-state index is 0.136. The third kappa shape index (κ3) is 4.71. The molecule has 5 heteroatoms. The normalized spacial score (nSPS) is 14.1. The van der Waals surface area contributed by atoms with Gasteiger partial charge in [-0.15, -0.1) is 0 Å². The van der Waals surface area contributed by atoms with E-state index in [1.807, 2.05) is 62.1 Å². The van der Waals surface area contributed by atoms with Crippen molar-refractivity contribution in [1.82, 2.24) is 4.90 Å². The molecule has 0 N–H and O–H groups in total. The minimum Gasteiger partial charge on any atom is -0.493 e. The van der Waals surface area contributed by atoms with Crippen molar-refractivity contribution in [2.75, 3.05) is 37.7 Å². The zero-order valence-electron chi connectivity index (χ0n) is 16.9. The summed E-state index contributed by atoms with van der Waals surface area (Å²) in [4.78, 5) is 27.8. The van der Waals surface area contributed by atoms with Crippen molar-refractivity contribution < 1.29 is 14.3 Å². The van der Waals surface area contributed by atoms with Crippen LogP contribution in [-0.2, 0) is 4.79 Å². The lowest BCUT2D eigenvalue weighted by Crippen LogP contribution is -2.49. The zero-order valence-corrected chi connectivity index (χ0v) is 16.9. The largest absolute Gasteiger partial charge is 0.493 e. The fraction of sp³-hybridized carbons (Fsp3) is 0.391. The Hall–Kier alpha value is -2.82. The molecule has 1 saturated heterocycles. The third-order valence-electron chi connectivity index (χ3n) is 5.20. The van der Waals surface area contributed by atoms with Crippen molar-refractivity contribution in [2.45, 2.75) is 27.2 Å². The molecule has 1 heterocycles. The molecule has 1 aliphatic heterocycles. The highest BCUT2D eigenvalue weighted by Gasteiger charge is 2.23. The summed E-state index contributed by atoms with van der Waals surface area (Å²) in [5.41, 5.74) is 5.29. The molecule has 1 amide bonds. The number of nitrogens with zero attached hydrogens (tertiary/aromatic N) is 2. The molecule has 0 unspecified atom stereocenters. The first-order valence-corrected chi connectivity index (χ1v) is 9.76. The second-order valence-electron chi connectivity index (χ2n) is 7.40. The van der Waals surface area contributed by atoms with E-state index in [4.69, 9.17) is 4.74 Å². The molecule has 2 aromatic rings. The van der Waals surface area contributed by atoms with Crippen LogP contribution in [0.4, 0.5) is 5.69 Å². The van der Waals surface area contributed by atoms with Gasteiger partial charge >= 0.3 is 0 Å². The fourth-order valence-electron chi connectivity index (χ4n) is 3.78. The molecule has 148 valence electrons. The number of benzene rings is 2. The van der Waals surface area contributed by atoms with Gasteiger partial charge in [0.15, 0.2) is 0 Å². The Labute approximate surface area is 166 Å². The first-order chi connectivity index (χ1) is 13.5. The number of ether oxygens (including phenoxy) is 1. The van der Waals surface area contributed by atoms with E-state index in [0.717, 1.165) is 36.3 Å². The number of amides is 1. The number of aryl methyl sites for hydroxylation is 3. The average molecular weight is 380 g/mol. The van der Waals surface area contributed by atoms with Gasteiger partial charge in [-0.05, 0) is 56.2 Å². The summed E-state index contributed by atoms with van der Waals surface area (Å²) in [6.07, 6.45) is 1.28. The second kappa shape index (κ2) is 8.91. The highest BCUT2D eigenvalue weighted by atomic mass is 16.5. The molecule has 0 spiro atoms. The van der Waals surface area contributed by atoms with Gasteiger partial charge in [0.1, 0.15) is 12.0 Å². The van der Waals surface area contributed by atoms with Crippen molar-refractivity contribution >= 4 is 17.9 Å². The van der Waals surface area contributed by atoms with Crippen LogP contribution < -0.4 is 9.64 Å². The standard InChI is InChI=1S/C23H28N2O3/c1-17-4-6-21(7-5-17)28-13-8-22(27)24-9-11-25(12-10-24)23-18(2)14-20(16-26)15-19(23)3/h4-7,14-16H,8-13H2,1-3H3. The molecule has 0 aromatic heterocycles. The molecule has 0 radical (unpaired) electrons. The van der Waals surface area contributed by atoms with E-state index in [2.05, 4.69) is 4.90 Å². The Morgan fingerprint density at radius 2 is 1.61 bits per heavy atom. The first kappa shape index (κ1) is 19.9. The van der Waals surface area contributed by atoms with Crippen LogP contribution in [0, 0.1) is 20.8 Å². The first-order valence-electron chi connectivity index (χ1n) is 9.76. The van der Waals surface area contributed by atoms with E-state index in [0.29, 0.717) is 31.7 Å². The summed E-state index contributed by atoms with van der Waals surface area (Å²) in [5, 5.41) is 0. The molecule has 0 saturated carbocycles. The van der Waals surface area contributed by atoms with Gasteiger partial charge in [-0.1, -0.05) is 17.7 Å². The summed E-state index contributed by atoms with van der Waals surface area (Å²) < 4.78 is 5.68. The van der Waals surface area contributed by atoms with Crippen LogP contribution in [0.25, 0.3) is 0 Å². The smallest absolute Gasteiger partial charge is 0.226 e. The van der Waals surface area contributed by atoms with Gasteiger partial charge in [-0.3, -0.25) is 9.59 Å². The van der Waals surface area contributed by atoms with Gasteiger partial charge in [-0.2, -0.15) is 0 Å². The lowest BCUT2D eigenvalue weighted by Gasteiger charge is -2.37. The molecule has 5 nitrogen and oxygen atoms in total. The lowest BCUT2D eigenvalue weighted by molar-refractivity contribution is -0.132. The molecule has 2 aromatic carbocycles. The highest BCUT2D eigenvalue weighted by Crippen LogP contribution is 2.27. The summed E-state index contributed by atoms with van der Waals surface area (Å²) in [6, 6.07) is 11.7. The van der Waals surface area contributed by atoms with E-state index in [1.165, 1.54) is 11.3 Å². The van der Waals surface area contributed by atoms with Crippen LogP contribution in [0.1, 0.15) is 33.5 Å². The fourth-order valence-corrected chi connectivity index (χ4v) is 3.78. The zero-order chi connectivity index (χ0) is 20.1. The number of rotatable bonds is 6. The quantitative estimate of drug-likeness (QED) is 0.719. The number of aldehydes is 1. The van der Waals surface area contributed by atoms with Crippen LogP contribution in [-0.4, -0.2) is 49.9 Å². The van der Waals surface area contributed by atoms with E-state index in [-0.39, 0.29) is 5.91 Å². The van der Waals surface area contributed by atoms with Gasteiger partial charge in [-0.25, -0.2) is 0 Å². The van der Waals surface area contributed by atoms with Gasteiger partial charge in [0.2, 0.25) is 5.91 Å². The van der Waals surface area contributed by atoms with Crippen molar-refractivity contribution in [3.05, 3.63) is 58.7 Å². The second-order valence-corrected chi connectivity index (χ2v) is 7.40. The molecular weight excluding hydrogens is 352 g/mol. The van der Waals surface area contributed by atoms with Gasteiger partial charge in [0, 0.05) is 37.4 Å². The Morgan fingerprint density at radius 3 is 2.18 bits per heavy atom. The van der Waals surface area contributed by atoms with Crippen molar-refractivity contribution in [3.63, 3.8) is 0 Å². The number of piperazine rings is 1. The SMILES string of the molecule is Cc1ccc(OCCC(=O)N2CCN(c3c(C)cc(C=O)cc3C)CC2)cc1. The predicted octanol–water partition coefficient (Wildman–Crippen LogP) is 3.54. The molecule has 28 heavy (non-hydrogen) atoms. The molecule has 0 bridgehead atoms. The van der Waals surface area contributed by atoms with Crippen LogP contribution >= 0.6 is 0 Å². The topological polar surface area (TPSA) is 49.9 Å². The third-order valence-corrected chi connectivity index (χ3v) is 5.20. The maximum absolute atomic E-state index is 12.5. The van der Waals surface area contributed by atoms with Crippen LogP contribution in [0.5, 0.6) is 5.75 Å². The van der Waals surface area contributed by atoms with E-state index < -0.39 is 0 Å². The maximum Gasteiger partial charge on any atom is 0.226 e. The van der Waals surface area contributed by atoms with Crippen LogP contribution in [0.15, 0.2) is 36.4 Å². The highest BCUT2D eigenvalue weighted by molar-refractivity contribution is 5.79. The maximum atomic E-state index is 12.5. The summed E-state index contributed by atoms with van der Waals surface area (Å²) in [7, 11) is 0.